The zero-order valence-corrected chi connectivity index (χ0v) is 15.0. The van der Waals surface area contributed by atoms with Gasteiger partial charge in [-0.1, -0.05) is 19.1 Å². The molecule has 0 spiro atoms. The van der Waals surface area contributed by atoms with Crippen LogP contribution in [-0.4, -0.2) is 24.6 Å². The molecule has 3 aromatic rings. The van der Waals surface area contributed by atoms with Crippen molar-refractivity contribution in [2.45, 2.75) is 24.8 Å². The number of anilines is 1. The van der Waals surface area contributed by atoms with Gasteiger partial charge in [-0.05, 0) is 36.4 Å². The van der Waals surface area contributed by atoms with Crippen LogP contribution in [0.25, 0.3) is 11.1 Å². The molecule has 0 saturated heterocycles. The fourth-order valence-corrected chi connectivity index (χ4v) is 3.46. The number of para-hydroxylation sites is 2. The fourth-order valence-electron chi connectivity index (χ4n) is 2.57. The van der Waals surface area contributed by atoms with E-state index in [4.69, 9.17) is 4.42 Å². The highest BCUT2D eigenvalue weighted by molar-refractivity contribution is 7.91. The number of amides is 1. The summed E-state index contributed by atoms with van der Waals surface area (Å²) < 4.78 is 30.1. The van der Waals surface area contributed by atoms with Gasteiger partial charge in [0.2, 0.25) is 5.91 Å². The molecule has 136 valence electrons. The van der Waals surface area contributed by atoms with E-state index in [2.05, 4.69) is 5.32 Å². The molecule has 0 bridgehead atoms. The van der Waals surface area contributed by atoms with Crippen LogP contribution in [0.4, 0.5) is 5.69 Å². The van der Waals surface area contributed by atoms with Gasteiger partial charge in [0, 0.05) is 18.7 Å². The van der Waals surface area contributed by atoms with Gasteiger partial charge >= 0.3 is 5.76 Å². The number of rotatable bonds is 6. The predicted molar refractivity (Wildman–Crippen MR) is 97.9 cm³/mol. The number of hydrogen-bond donors (Lipinski definition) is 1. The first-order valence-electron chi connectivity index (χ1n) is 8.12. The summed E-state index contributed by atoms with van der Waals surface area (Å²) in [5.41, 5.74) is 1.61. The number of sulfone groups is 1. The third-order valence-electron chi connectivity index (χ3n) is 4.01. The van der Waals surface area contributed by atoms with Gasteiger partial charge in [-0.3, -0.25) is 9.36 Å². The summed E-state index contributed by atoms with van der Waals surface area (Å²) >= 11 is 0. The first-order valence-corrected chi connectivity index (χ1v) is 9.77. The highest BCUT2D eigenvalue weighted by atomic mass is 32.2. The molecule has 0 atom stereocenters. The maximum atomic E-state index is 12.1. The minimum atomic E-state index is -3.27. The van der Waals surface area contributed by atoms with Crippen molar-refractivity contribution in [1.29, 1.82) is 0 Å². The highest BCUT2D eigenvalue weighted by Gasteiger charge is 2.12. The normalized spacial score (nSPS) is 11.6. The monoisotopic (exact) mass is 374 g/mol. The number of hydrogen-bond acceptors (Lipinski definition) is 5. The Morgan fingerprint density at radius 3 is 2.50 bits per heavy atom. The van der Waals surface area contributed by atoms with Crippen LogP contribution in [0.5, 0.6) is 0 Å². The number of carbonyl (C=O) groups is 1. The molecule has 2 aromatic carbocycles. The van der Waals surface area contributed by atoms with Crippen LogP contribution in [0.1, 0.15) is 13.3 Å². The lowest BCUT2D eigenvalue weighted by Gasteiger charge is -2.07. The minimum absolute atomic E-state index is 0.0200. The first-order chi connectivity index (χ1) is 12.4. The second-order valence-corrected chi connectivity index (χ2v) is 7.99. The minimum Gasteiger partial charge on any atom is -0.408 e. The molecule has 1 aromatic heterocycles. The van der Waals surface area contributed by atoms with Gasteiger partial charge in [-0.15, -0.1) is 0 Å². The molecule has 0 unspecified atom stereocenters. The Labute approximate surface area is 150 Å². The summed E-state index contributed by atoms with van der Waals surface area (Å²) in [5.74, 6) is -0.770. The number of carbonyl (C=O) groups excluding carboxylic acids is 1. The summed E-state index contributed by atoms with van der Waals surface area (Å²) in [7, 11) is -3.27. The summed E-state index contributed by atoms with van der Waals surface area (Å²) in [4.78, 5) is 24.2. The second-order valence-electron chi connectivity index (χ2n) is 5.71. The molecule has 7 nitrogen and oxygen atoms in total. The van der Waals surface area contributed by atoms with Gasteiger partial charge in [0.25, 0.3) is 0 Å². The number of nitrogens with one attached hydrogen (secondary N) is 1. The summed E-state index contributed by atoms with van der Waals surface area (Å²) in [6.07, 6.45) is 0.0818. The van der Waals surface area contributed by atoms with E-state index < -0.39 is 15.6 Å². The molecule has 1 amide bonds. The van der Waals surface area contributed by atoms with Crippen molar-refractivity contribution in [2.75, 3.05) is 11.1 Å². The summed E-state index contributed by atoms with van der Waals surface area (Å²) in [6.45, 7) is 1.76. The zero-order valence-electron chi connectivity index (χ0n) is 14.1. The number of fused-ring (bicyclic) bond motifs is 1. The van der Waals surface area contributed by atoms with Crippen LogP contribution in [0, 0.1) is 0 Å². The largest absolute Gasteiger partial charge is 0.419 e. The van der Waals surface area contributed by atoms with Crippen molar-refractivity contribution in [3.63, 3.8) is 0 Å². The maximum Gasteiger partial charge on any atom is 0.419 e. The van der Waals surface area contributed by atoms with Crippen LogP contribution >= 0.6 is 0 Å². The Balaban J connectivity index is 1.66. The maximum absolute atomic E-state index is 12.1. The molecule has 0 aliphatic rings. The molecule has 3 rings (SSSR count). The molecule has 1 heterocycles. The van der Waals surface area contributed by atoms with Crippen LogP contribution in [0.2, 0.25) is 0 Å². The lowest BCUT2D eigenvalue weighted by atomic mass is 10.3. The fraction of sp³-hybridized carbons (Fsp3) is 0.222. The Bertz CT molecular complexity index is 1090. The topological polar surface area (TPSA) is 98.4 Å². The SMILES string of the molecule is CCS(=O)(=O)c1ccc(NC(=O)CCn2c(=O)oc3ccccc32)cc1. The average Bonchev–Trinajstić information content (AvgIpc) is 2.95. The third kappa shape index (κ3) is 3.70. The van der Waals surface area contributed by atoms with Crippen molar-refractivity contribution in [3.8, 4) is 0 Å². The Morgan fingerprint density at radius 2 is 1.81 bits per heavy atom. The lowest BCUT2D eigenvalue weighted by molar-refractivity contribution is -0.116. The van der Waals surface area contributed by atoms with E-state index in [0.29, 0.717) is 16.8 Å². The molecule has 0 aliphatic carbocycles. The van der Waals surface area contributed by atoms with Gasteiger partial charge in [0.05, 0.1) is 16.2 Å². The molecule has 26 heavy (non-hydrogen) atoms. The third-order valence-corrected chi connectivity index (χ3v) is 5.76. The standard InChI is InChI=1S/C18H18N2O5S/c1-2-26(23,24)14-9-7-13(8-10-14)19-17(21)11-12-20-15-5-3-4-6-16(15)25-18(20)22/h3-10H,2,11-12H2,1H3,(H,19,21). The van der Waals surface area contributed by atoms with Crippen molar-refractivity contribution >= 4 is 32.5 Å². The van der Waals surface area contributed by atoms with Gasteiger partial charge in [0.1, 0.15) is 0 Å². The number of aryl methyl sites for hydroxylation is 1. The molecule has 0 radical (unpaired) electrons. The lowest BCUT2D eigenvalue weighted by Crippen LogP contribution is -2.19. The van der Waals surface area contributed by atoms with E-state index in [1.807, 2.05) is 0 Å². The molecule has 0 aliphatic heterocycles. The van der Waals surface area contributed by atoms with E-state index in [9.17, 15) is 18.0 Å². The summed E-state index contributed by atoms with van der Waals surface area (Å²) in [5, 5.41) is 2.69. The van der Waals surface area contributed by atoms with Crippen LogP contribution < -0.4 is 11.1 Å². The second kappa shape index (κ2) is 7.17. The quantitative estimate of drug-likeness (QED) is 0.714. The molecular weight excluding hydrogens is 356 g/mol. The van der Waals surface area contributed by atoms with Crippen molar-refractivity contribution < 1.29 is 17.6 Å². The van der Waals surface area contributed by atoms with Crippen LogP contribution in [0.15, 0.2) is 62.6 Å². The average molecular weight is 374 g/mol. The van der Waals surface area contributed by atoms with E-state index in [1.165, 1.54) is 16.7 Å². The van der Waals surface area contributed by atoms with Crippen molar-refractivity contribution in [3.05, 3.63) is 59.1 Å². The van der Waals surface area contributed by atoms with Gasteiger partial charge in [-0.25, -0.2) is 13.2 Å². The van der Waals surface area contributed by atoms with Gasteiger partial charge in [-0.2, -0.15) is 0 Å². The smallest absolute Gasteiger partial charge is 0.408 e. The predicted octanol–water partition coefficient (Wildman–Crippen LogP) is 2.42. The van der Waals surface area contributed by atoms with Gasteiger partial charge < -0.3 is 9.73 Å². The molecule has 0 saturated carbocycles. The van der Waals surface area contributed by atoms with Crippen molar-refractivity contribution in [1.82, 2.24) is 4.57 Å². The molecule has 8 heteroatoms. The highest BCUT2D eigenvalue weighted by Crippen LogP contribution is 2.16. The number of benzene rings is 2. The summed E-state index contributed by atoms with van der Waals surface area (Å²) in [6, 6.07) is 13.0. The molecule has 1 N–H and O–H groups in total. The number of nitrogens with zero attached hydrogens (tertiary/aromatic N) is 1. The zero-order chi connectivity index (χ0) is 18.7. The Morgan fingerprint density at radius 1 is 1.12 bits per heavy atom. The van der Waals surface area contributed by atoms with Crippen molar-refractivity contribution in [2.24, 2.45) is 0 Å². The Hall–Kier alpha value is -2.87. The van der Waals surface area contributed by atoms with Crippen LogP contribution in [-0.2, 0) is 21.2 Å². The number of aromatic nitrogens is 1. The van der Waals surface area contributed by atoms with Crippen LogP contribution in [0.3, 0.4) is 0 Å². The molecule has 0 fully saturated rings. The number of oxazole rings is 1. The van der Waals surface area contributed by atoms with E-state index in [0.717, 1.165) is 0 Å². The molecular formula is C18H18N2O5S. The van der Waals surface area contributed by atoms with E-state index in [1.54, 1.807) is 43.3 Å². The van der Waals surface area contributed by atoms with Gasteiger partial charge in [0.15, 0.2) is 15.4 Å². The Kier molecular flexibility index (Phi) is 4.94. The first kappa shape index (κ1) is 17.9. The van der Waals surface area contributed by atoms with E-state index >= 15 is 0 Å². The van der Waals surface area contributed by atoms with E-state index in [-0.39, 0.29) is 29.5 Å².